The molecule has 0 spiro atoms. The number of hydrogen-bond donors (Lipinski definition) is 1. The van der Waals surface area contributed by atoms with E-state index in [9.17, 15) is 9.90 Å². The van der Waals surface area contributed by atoms with Gasteiger partial charge < -0.3 is 10.0 Å². The Kier molecular flexibility index (Phi) is 3.26. The second kappa shape index (κ2) is 4.24. The summed E-state index contributed by atoms with van der Waals surface area (Å²) in [4.78, 5) is 12.8. The first-order valence-electron chi connectivity index (χ1n) is 4.51. The average Bonchev–Trinajstić information content (AvgIpc) is 2.47. The van der Waals surface area contributed by atoms with Gasteiger partial charge in [0.1, 0.15) is 6.42 Å². The van der Waals surface area contributed by atoms with Crippen molar-refractivity contribution in [1.29, 1.82) is 5.26 Å². The van der Waals surface area contributed by atoms with Gasteiger partial charge >= 0.3 is 0 Å². The molecule has 1 aliphatic rings. The van der Waals surface area contributed by atoms with Gasteiger partial charge in [-0.15, -0.1) is 0 Å². The Balaban J connectivity index is 2.49. The summed E-state index contributed by atoms with van der Waals surface area (Å²) in [6.45, 7) is 2.98. The van der Waals surface area contributed by atoms with Crippen LogP contribution in [0.25, 0.3) is 0 Å². The minimum Gasteiger partial charge on any atom is -0.391 e. The number of carbonyl (C=O) groups is 1. The number of β-amino-alcohol motifs (C(OH)–C–C–N with tert-alkyl or cyclic N) is 1. The molecule has 0 saturated carbocycles. The molecule has 1 rings (SSSR count). The van der Waals surface area contributed by atoms with Gasteiger partial charge in [0, 0.05) is 19.0 Å². The lowest BCUT2D eigenvalue weighted by Crippen LogP contribution is -2.28. The molecule has 0 aromatic carbocycles. The molecular formula is C9H14N2O2. The Bertz CT molecular complexity index is 234. The first-order valence-corrected chi connectivity index (χ1v) is 4.51. The summed E-state index contributed by atoms with van der Waals surface area (Å²) < 4.78 is 0. The van der Waals surface area contributed by atoms with Crippen LogP contribution in [0.4, 0.5) is 0 Å². The van der Waals surface area contributed by atoms with E-state index in [1.807, 2.05) is 13.0 Å². The fraction of sp³-hybridized carbons (Fsp3) is 0.778. The van der Waals surface area contributed by atoms with Gasteiger partial charge in [0.2, 0.25) is 5.91 Å². The highest BCUT2D eigenvalue weighted by Gasteiger charge is 2.32. The second-order valence-electron chi connectivity index (χ2n) is 3.37. The molecule has 0 aromatic rings. The third-order valence-corrected chi connectivity index (χ3v) is 2.51. The number of nitriles is 1. The molecule has 13 heavy (non-hydrogen) atoms. The predicted octanol–water partition coefficient (Wildman–Crippen LogP) is 0.129. The third kappa shape index (κ3) is 2.19. The Morgan fingerprint density at radius 1 is 1.69 bits per heavy atom. The molecule has 0 aromatic heterocycles. The van der Waals surface area contributed by atoms with E-state index in [1.54, 1.807) is 4.90 Å². The molecule has 4 heteroatoms. The summed E-state index contributed by atoms with van der Waals surface area (Å²) in [5, 5.41) is 17.8. The Hall–Kier alpha value is -1.08. The van der Waals surface area contributed by atoms with Gasteiger partial charge in [0.05, 0.1) is 12.2 Å². The summed E-state index contributed by atoms with van der Waals surface area (Å²) in [5.41, 5.74) is 0. The van der Waals surface area contributed by atoms with Crippen molar-refractivity contribution >= 4 is 5.91 Å². The van der Waals surface area contributed by atoms with Crippen LogP contribution in [0.2, 0.25) is 0 Å². The van der Waals surface area contributed by atoms with Crippen LogP contribution in [0.3, 0.4) is 0 Å². The number of hydrogen-bond acceptors (Lipinski definition) is 3. The average molecular weight is 182 g/mol. The van der Waals surface area contributed by atoms with Crippen LogP contribution in [-0.4, -0.2) is 35.1 Å². The Morgan fingerprint density at radius 3 is 2.85 bits per heavy atom. The summed E-state index contributed by atoms with van der Waals surface area (Å²) in [6.07, 6.45) is 0.383. The van der Waals surface area contributed by atoms with E-state index in [0.29, 0.717) is 13.1 Å². The molecule has 0 radical (unpaired) electrons. The Labute approximate surface area is 77.8 Å². The summed E-state index contributed by atoms with van der Waals surface area (Å²) >= 11 is 0. The molecular weight excluding hydrogens is 168 g/mol. The van der Waals surface area contributed by atoms with Gasteiger partial charge in [-0.25, -0.2) is 0 Å². The van der Waals surface area contributed by atoms with E-state index < -0.39 is 6.10 Å². The predicted molar refractivity (Wildman–Crippen MR) is 46.6 cm³/mol. The molecule has 0 aliphatic carbocycles. The van der Waals surface area contributed by atoms with Gasteiger partial charge in [-0.05, 0) is 6.42 Å². The molecule has 2 unspecified atom stereocenters. The van der Waals surface area contributed by atoms with Crippen LogP contribution >= 0.6 is 0 Å². The molecule has 1 amide bonds. The summed E-state index contributed by atoms with van der Waals surface area (Å²) in [6, 6.07) is 1.82. The quantitative estimate of drug-likeness (QED) is 0.660. The van der Waals surface area contributed by atoms with Crippen molar-refractivity contribution in [3.63, 3.8) is 0 Å². The van der Waals surface area contributed by atoms with E-state index in [1.165, 1.54) is 0 Å². The number of aliphatic hydroxyl groups excluding tert-OH is 1. The van der Waals surface area contributed by atoms with Crippen LogP contribution in [0.5, 0.6) is 0 Å². The van der Waals surface area contributed by atoms with Crippen LogP contribution in [-0.2, 0) is 4.79 Å². The lowest BCUT2D eigenvalue weighted by molar-refractivity contribution is -0.129. The zero-order chi connectivity index (χ0) is 9.84. The normalized spacial score (nSPS) is 27.3. The van der Waals surface area contributed by atoms with Crippen molar-refractivity contribution < 1.29 is 9.90 Å². The van der Waals surface area contributed by atoms with Crippen LogP contribution in [0.1, 0.15) is 19.8 Å². The lowest BCUT2D eigenvalue weighted by Gasteiger charge is -2.13. The maximum Gasteiger partial charge on any atom is 0.236 e. The van der Waals surface area contributed by atoms with E-state index in [0.717, 1.165) is 6.42 Å². The highest BCUT2D eigenvalue weighted by atomic mass is 16.3. The number of likely N-dealkylation sites (tertiary alicyclic amines) is 1. The van der Waals surface area contributed by atoms with Gasteiger partial charge in [-0.2, -0.15) is 5.26 Å². The lowest BCUT2D eigenvalue weighted by atomic mass is 10.0. The van der Waals surface area contributed by atoms with Crippen molar-refractivity contribution in [2.24, 2.45) is 5.92 Å². The minimum atomic E-state index is -0.410. The monoisotopic (exact) mass is 182 g/mol. The first-order chi connectivity index (χ1) is 6.19. The van der Waals surface area contributed by atoms with Gasteiger partial charge in [0.25, 0.3) is 0 Å². The minimum absolute atomic E-state index is 0.0802. The van der Waals surface area contributed by atoms with E-state index in [2.05, 4.69) is 0 Å². The van der Waals surface area contributed by atoms with Crippen molar-refractivity contribution in [3.05, 3.63) is 0 Å². The maximum atomic E-state index is 11.2. The molecule has 72 valence electrons. The fourth-order valence-corrected chi connectivity index (χ4v) is 1.64. The fourth-order valence-electron chi connectivity index (χ4n) is 1.64. The number of rotatable bonds is 2. The second-order valence-corrected chi connectivity index (χ2v) is 3.37. The Morgan fingerprint density at radius 2 is 2.38 bits per heavy atom. The first kappa shape index (κ1) is 10.0. The molecule has 1 N–H and O–H groups in total. The van der Waals surface area contributed by atoms with Crippen molar-refractivity contribution in [1.82, 2.24) is 4.90 Å². The zero-order valence-corrected chi connectivity index (χ0v) is 7.73. The van der Waals surface area contributed by atoms with Crippen molar-refractivity contribution in [2.75, 3.05) is 13.1 Å². The zero-order valence-electron chi connectivity index (χ0n) is 7.73. The molecule has 1 saturated heterocycles. The third-order valence-electron chi connectivity index (χ3n) is 2.51. The van der Waals surface area contributed by atoms with Crippen molar-refractivity contribution in [3.8, 4) is 6.07 Å². The molecule has 0 bridgehead atoms. The highest BCUT2D eigenvalue weighted by molar-refractivity contribution is 5.78. The topological polar surface area (TPSA) is 64.3 Å². The van der Waals surface area contributed by atoms with Crippen LogP contribution in [0.15, 0.2) is 0 Å². The molecule has 4 nitrogen and oxygen atoms in total. The summed E-state index contributed by atoms with van der Waals surface area (Å²) in [7, 11) is 0. The SMILES string of the molecule is CCC1CN(C(=O)CC#N)CC1O. The van der Waals surface area contributed by atoms with Crippen LogP contribution in [0, 0.1) is 17.2 Å². The van der Waals surface area contributed by atoms with E-state index in [-0.39, 0.29) is 18.2 Å². The van der Waals surface area contributed by atoms with E-state index in [4.69, 9.17) is 5.26 Å². The number of nitrogens with zero attached hydrogens (tertiary/aromatic N) is 2. The standard InChI is InChI=1S/C9H14N2O2/c1-2-7-5-11(6-8(7)12)9(13)3-4-10/h7-8,12H,2-3,5-6H2,1H3. The maximum absolute atomic E-state index is 11.2. The number of amides is 1. The molecule has 1 heterocycles. The molecule has 2 atom stereocenters. The van der Waals surface area contributed by atoms with Gasteiger partial charge in [-0.1, -0.05) is 6.92 Å². The number of carbonyl (C=O) groups excluding carboxylic acids is 1. The summed E-state index contributed by atoms with van der Waals surface area (Å²) in [5.74, 6) is 0.0140. The largest absolute Gasteiger partial charge is 0.391 e. The van der Waals surface area contributed by atoms with Crippen LogP contribution < -0.4 is 0 Å². The highest BCUT2D eigenvalue weighted by Crippen LogP contribution is 2.20. The molecule has 1 fully saturated rings. The smallest absolute Gasteiger partial charge is 0.236 e. The molecule has 1 aliphatic heterocycles. The number of aliphatic hydroxyl groups is 1. The van der Waals surface area contributed by atoms with Gasteiger partial charge in [-0.3, -0.25) is 4.79 Å². The van der Waals surface area contributed by atoms with E-state index >= 15 is 0 Å². The van der Waals surface area contributed by atoms with Gasteiger partial charge in [0.15, 0.2) is 0 Å². The van der Waals surface area contributed by atoms with Crippen molar-refractivity contribution in [2.45, 2.75) is 25.9 Å².